The number of hydrogen-bond acceptors (Lipinski definition) is 3. The third kappa shape index (κ3) is 5.63. The van der Waals surface area contributed by atoms with Crippen molar-refractivity contribution >= 4 is 32.6 Å². The summed E-state index contributed by atoms with van der Waals surface area (Å²) in [5.41, 5.74) is 14.7. The van der Waals surface area contributed by atoms with Crippen molar-refractivity contribution in [1.29, 1.82) is 0 Å². The van der Waals surface area contributed by atoms with Crippen LogP contribution < -0.4 is 0 Å². The average molecular weight is 677 g/mol. The summed E-state index contributed by atoms with van der Waals surface area (Å²) in [6, 6.07) is 59.9. The van der Waals surface area contributed by atoms with Crippen molar-refractivity contribution in [1.82, 2.24) is 19.9 Å². The van der Waals surface area contributed by atoms with Crippen LogP contribution in [-0.4, -0.2) is 19.9 Å². The Bertz CT molecular complexity index is 2940. The van der Waals surface area contributed by atoms with E-state index in [1.165, 1.54) is 10.8 Å². The van der Waals surface area contributed by atoms with Gasteiger partial charge in [0.05, 0.1) is 22.6 Å². The van der Waals surface area contributed by atoms with Gasteiger partial charge in [0.2, 0.25) is 0 Å². The van der Waals surface area contributed by atoms with E-state index in [4.69, 9.17) is 9.97 Å². The minimum absolute atomic E-state index is 0.879. The van der Waals surface area contributed by atoms with Gasteiger partial charge in [-0.15, -0.1) is 0 Å². The highest BCUT2D eigenvalue weighted by Gasteiger charge is 2.17. The van der Waals surface area contributed by atoms with E-state index >= 15 is 0 Å². The third-order valence-corrected chi connectivity index (χ3v) is 10.1. The first-order valence-electron chi connectivity index (χ1n) is 17.8. The standard InChI is InChI=1S/C49H32N4/c1-3-11-32(12-4-1)35-22-24-51-46(28-35)38-25-36(33-13-5-2-6-14-33)26-39(27-38)47-29-37(40-17-9-15-34-21-23-50-31-44(34)40)30-48(52-47)43-19-10-18-42-41-16-7-8-20-45(41)53-49(42)43/h1-31,53H. The predicted octanol–water partition coefficient (Wildman–Crippen LogP) is 12.7. The molecule has 6 aromatic carbocycles. The molecular weight excluding hydrogens is 645 g/mol. The summed E-state index contributed by atoms with van der Waals surface area (Å²) in [5.74, 6) is 0. The predicted molar refractivity (Wildman–Crippen MR) is 219 cm³/mol. The van der Waals surface area contributed by atoms with Crippen molar-refractivity contribution in [2.24, 2.45) is 0 Å². The van der Waals surface area contributed by atoms with Gasteiger partial charge in [-0.05, 0) is 93.4 Å². The SMILES string of the molecule is c1ccc(-c2cc(-c3cc(-c4ccccc4)ccn3)cc(-c3cc(-c4cccc5ccncc45)cc(-c4cccc5c4[nH]c4ccccc45)n3)c2)cc1. The summed E-state index contributed by atoms with van der Waals surface area (Å²) < 4.78 is 0. The van der Waals surface area contributed by atoms with Crippen molar-refractivity contribution < 1.29 is 0 Å². The maximum atomic E-state index is 5.48. The normalized spacial score (nSPS) is 11.4. The molecule has 4 heterocycles. The number of hydrogen-bond donors (Lipinski definition) is 1. The van der Waals surface area contributed by atoms with Crippen LogP contribution in [0.25, 0.3) is 99.7 Å². The highest BCUT2D eigenvalue weighted by atomic mass is 14.7. The lowest BCUT2D eigenvalue weighted by atomic mass is 9.93. The van der Waals surface area contributed by atoms with Gasteiger partial charge in [0.15, 0.2) is 0 Å². The van der Waals surface area contributed by atoms with Crippen molar-refractivity contribution in [3.05, 3.63) is 188 Å². The lowest BCUT2D eigenvalue weighted by molar-refractivity contribution is 1.31. The molecule has 4 nitrogen and oxygen atoms in total. The molecule has 0 fully saturated rings. The van der Waals surface area contributed by atoms with Gasteiger partial charge in [-0.3, -0.25) is 9.97 Å². The molecule has 1 N–H and O–H groups in total. The first kappa shape index (κ1) is 30.6. The summed E-state index contributed by atoms with van der Waals surface area (Å²) in [4.78, 5) is 18.6. The molecule has 10 rings (SSSR count). The number of aromatic nitrogens is 4. The van der Waals surface area contributed by atoms with Crippen LogP contribution in [-0.2, 0) is 0 Å². The minimum Gasteiger partial charge on any atom is -0.354 e. The first-order valence-corrected chi connectivity index (χ1v) is 17.8. The second-order valence-electron chi connectivity index (χ2n) is 13.4. The summed E-state index contributed by atoms with van der Waals surface area (Å²) in [6.07, 6.45) is 5.71. The minimum atomic E-state index is 0.879. The Morgan fingerprint density at radius 2 is 1.04 bits per heavy atom. The fourth-order valence-corrected chi connectivity index (χ4v) is 7.54. The van der Waals surface area contributed by atoms with Crippen LogP contribution in [0.4, 0.5) is 0 Å². The van der Waals surface area contributed by atoms with Gasteiger partial charge in [-0.1, -0.05) is 115 Å². The largest absolute Gasteiger partial charge is 0.354 e. The fraction of sp³-hybridized carbons (Fsp3) is 0. The second-order valence-corrected chi connectivity index (χ2v) is 13.4. The van der Waals surface area contributed by atoms with E-state index in [0.29, 0.717) is 0 Å². The van der Waals surface area contributed by atoms with Crippen molar-refractivity contribution in [3.8, 4) is 67.2 Å². The van der Waals surface area contributed by atoms with Crippen LogP contribution in [0.2, 0.25) is 0 Å². The number of rotatable bonds is 6. The molecule has 53 heavy (non-hydrogen) atoms. The highest BCUT2D eigenvalue weighted by molar-refractivity contribution is 6.12. The van der Waals surface area contributed by atoms with Gasteiger partial charge >= 0.3 is 0 Å². The van der Waals surface area contributed by atoms with E-state index in [0.717, 1.165) is 89.0 Å². The highest BCUT2D eigenvalue weighted by Crippen LogP contribution is 2.39. The Labute approximate surface area is 307 Å². The summed E-state index contributed by atoms with van der Waals surface area (Å²) >= 11 is 0. The Kier molecular flexibility index (Phi) is 7.43. The third-order valence-electron chi connectivity index (χ3n) is 10.1. The number of aromatic amines is 1. The van der Waals surface area contributed by atoms with E-state index in [-0.39, 0.29) is 0 Å². The quantitative estimate of drug-likeness (QED) is 0.191. The fourth-order valence-electron chi connectivity index (χ4n) is 7.54. The molecule has 0 bridgehead atoms. The van der Waals surface area contributed by atoms with Crippen molar-refractivity contribution in [2.45, 2.75) is 0 Å². The van der Waals surface area contributed by atoms with Crippen LogP contribution in [0, 0.1) is 0 Å². The molecule has 10 aromatic rings. The Morgan fingerprint density at radius 1 is 0.377 bits per heavy atom. The van der Waals surface area contributed by atoms with Crippen LogP contribution in [0.15, 0.2) is 188 Å². The van der Waals surface area contributed by atoms with Gasteiger partial charge in [-0.2, -0.15) is 0 Å². The Balaban J connectivity index is 1.23. The van der Waals surface area contributed by atoms with E-state index in [1.54, 1.807) is 0 Å². The van der Waals surface area contributed by atoms with Gasteiger partial charge in [-0.25, -0.2) is 4.98 Å². The monoisotopic (exact) mass is 676 g/mol. The molecular formula is C49H32N4. The summed E-state index contributed by atoms with van der Waals surface area (Å²) in [5, 5.41) is 4.63. The molecule has 0 spiro atoms. The molecule has 0 atom stereocenters. The van der Waals surface area contributed by atoms with Gasteiger partial charge < -0.3 is 4.98 Å². The lowest BCUT2D eigenvalue weighted by Gasteiger charge is -2.15. The van der Waals surface area contributed by atoms with Gasteiger partial charge in [0, 0.05) is 57.0 Å². The zero-order valence-corrected chi connectivity index (χ0v) is 28.7. The van der Waals surface area contributed by atoms with E-state index in [1.807, 2.05) is 24.7 Å². The summed E-state index contributed by atoms with van der Waals surface area (Å²) in [7, 11) is 0. The maximum Gasteiger partial charge on any atom is 0.0736 e. The number of para-hydroxylation sites is 2. The van der Waals surface area contributed by atoms with Crippen molar-refractivity contribution in [3.63, 3.8) is 0 Å². The zero-order chi connectivity index (χ0) is 35.1. The molecule has 4 aromatic heterocycles. The smallest absolute Gasteiger partial charge is 0.0736 e. The molecule has 0 radical (unpaired) electrons. The van der Waals surface area contributed by atoms with E-state index in [9.17, 15) is 0 Å². The molecule has 0 aliphatic carbocycles. The molecule has 0 saturated carbocycles. The van der Waals surface area contributed by atoms with Crippen LogP contribution in [0.3, 0.4) is 0 Å². The first-order chi connectivity index (χ1) is 26.2. The maximum absolute atomic E-state index is 5.48. The van der Waals surface area contributed by atoms with Gasteiger partial charge in [0.25, 0.3) is 0 Å². The topological polar surface area (TPSA) is 54.5 Å². The number of nitrogens with one attached hydrogen (secondary N) is 1. The van der Waals surface area contributed by atoms with Crippen LogP contribution in [0.1, 0.15) is 0 Å². The molecule has 4 heteroatoms. The molecule has 0 unspecified atom stereocenters. The number of pyridine rings is 3. The van der Waals surface area contributed by atoms with Crippen LogP contribution in [0.5, 0.6) is 0 Å². The van der Waals surface area contributed by atoms with E-state index in [2.05, 4.69) is 174 Å². The number of H-pyrrole nitrogens is 1. The number of fused-ring (bicyclic) bond motifs is 4. The number of benzene rings is 6. The molecule has 0 saturated heterocycles. The Morgan fingerprint density at radius 3 is 1.89 bits per heavy atom. The zero-order valence-electron chi connectivity index (χ0n) is 28.7. The molecule has 0 aliphatic heterocycles. The lowest BCUT2D eigenvalue weighted by Crippen LogP contribution is -1.94. The molecule has 248 valence electrons. The second kappa shape index (κ2) is 12.9. The molecule has 0 amide bonds. The Hall–Kier alpha value is -7.17. The van der Waals surface area contributed by atoms with Gasteiger partial charge in [0.1, 0.15) is 0 Å². The average Bonchev–Trinajstić information content (AvgIpc) is 3.63. The molecule has 0 aliphatic rings. The summed E-state index contributed by atoms with van der Waals surface area (Å²) in [6.45, 7) is 0. The van der Waals surface area contributed by atoms with Crippen molar-refractivity contribution in [2.75, 3.05) is 0 Å². The number of nitrogens with zero attached hydrogens (tertiary/aromatic N) is 3. The van der Waals surface area contributed by atoms with Crippen LogP contribution >= 0.6 is 0 Å². The van der Waals surface area contributed by atoms with E-state index < -0.39 is 0 Å².